The molecule has 108 valence electrons. The van der Waals surface area contributed by atoms with Crippen LogP contribution in [0.5, 0.6) is 5.75 Å². The largest absolute Gasteiger partial charge is 0.508 e. The maximum Gasteiger partial charge on any atom is 0.239 e. The minimum Gasteiger partial charge on any atom is -0.508 e. The lowest BCUT2D eigenvalue weighted by Crippen LogP contribution is -2.46. The fourth-order valence-electron chi connectivity index (χ4n) is 1.95. The van der Waals surface area contributed by atoms with Gasteiger partial charge >= 0.3 is 0 Å². The molecule has 0 bridgehead atoms. The van der Waals surface area contributed by atoms with Crippen molar-refractivity contribution in [3.05, 3.63) is 29.8 Å². The number of amides is 1. The van der Waals surface area contributed by atoms with Crippen molar-refractivity contribution in [2.45, 2.75) is 26.3 Å². The first-order chi connectivity index (χ1) is 9.47. The third-order valence-corrected chi connectivity index (χ3v) is 3.12. The zero-order valence-electron chi connectivity index (χ0n) is 11.9. The molecule has 0 spiro atoms. The minimum atomic E-state index is -0.634. The van der Waals surface area contributed by atoms with Gasteiger partial charge in [0.05, 0.1) is 18.0 Å². The smallest absolute Gasteiger partial charge is 0.239 e. The maximum absolute atomic E-state index is 12.2. The van der Waals surface area contributed by atoms with E-state index >= 15 is 0 Å². The van der Waals surface area contributed by atoms with Crippen molar-refractivity contribution >= 4 is 5.91 Å². The van der Waals surface area contributed by atoms with Crippen LogP contribution in [0.2, 0.25) is 0 Å². The van der Waals surface area contributed by atoms with E-state index in [4.69, 9.17) is 11.0 Å². The molecule has 0 saturated carbocycles. The molecule has 0 aliphatic heterocycles. The molecule has 20 heavy (non-hydrogen) atoms. The molecule has 1 amide bonds. The van der Waals surface area contributed by atoms with Crippen LogP contribution in [0.4, 0.5) is 0 Å². The molecule has 0 aliphatic carbocycles. The van der Waals surface area contributed by atoms with Gasteiger partial charge in [-0.3, -0.25) is 4.79 Å². The average Bonchev–Trinajstić information content (AvgIpc) is 2.46. The molecule has 0 radical (unpaired) electrons. The second kappa shape index (κ2) is 7.51. The summed E-state index contributed by atoms with van der Waals surface area (Å²) in [5.74, 6) is -0.172. The summed E-state index contributed by atoms with van der Waals surface area (Å²) in [6.45, 7) is 4.58. The molecule has 3 N–H and O–H groups in total. The number of carbonyl (C=O) groups is 1. The van der Waals surface area contributed by atoms with Gasteiger partial charge in [-0.2, -0.15) is 5.26 Å². The first-order valence-corrected chi connectivity index (χ1v) is 6.69. The van der Waals surface area contributed by atoms with Crippen LogP contribution in [-0.2, 0) is 11.2 Å². The van der Waals surface area contributed by atoms with E-state index in [1.54, 1.807) is 36.1 Å². The predicted molar refractivity (Wildman–Crippen MR) is 76.8 cm³/mol. The number of nitrogens with two attached hydrogens (primary N) is 1. The van der Waals surface area contributed by atoms with Gasteiger partial charge in [0, 0.05) is 13.1 Å². The van der Waals surface area contributed by atoms with E-state index in [1.807, 2.05) is 6.92 Å². The number of likely N-dealkylation sites (N-methyl/N-ethyl adjacent to an activating group) is 1. The molecular formula is C15H21N3O2. The number of benzene rings is 1. The molecular weight excluding hydrogens is 254 g/mol. The quantitative estimate of drug-likeness (QED) is 0.818. The van der Waals surface area contributed by atoms with Crippen molar-refractivity contribution in [2.24, 2.45) is 11.7 Å². The van der Waals surface area contributed by atoms with Crippen LogP contribution in [0.1, 0.15) is 19.4 Å². The number of hydrogen-bond acceptors (Lipinski definition) is 4. The van der Waals surface area contributed by atoms with E-state index in [0.29, 0.717) is 19.5 Å². The Morgan fingerprint density at radius 2 is 2.05 bits per heavy atom. The zero-order chi connectivity index (χ0) is 15.1. The van der Waals surface area contributed by atoms with E-state index in [9.17, 15) is 9.90 Å². The van der Waals surface area contributed by atoms with Crippen molar-refractivity contribution in [1.82, 2.24) is 4.90 Å². The van der Waals surface area contributed by atoms with Gasteiger partial charge in [-0.25, -0.2) is 0 Å². The number of hydrogen-bond donors (Lipinski definition) is 2. The SMILES string of the molecule is CCN(CC(C)C#N)C(=O)C(N)Cc1ccc(O)cc1. The van der Waals surface area contributed by atoms with Crippen LogP contribution < -0.4 is 5.73 Å². The zero-order valence-corrected chi connectivity index (χ0v) is 11.9. The maximum atomic E-state index is 12.2. The number of carbonyl (C=O) groups excluding carboxylic acids is 1. The number of aromatic hydroxyl groups is 1. The van der Waals surface area contributed by atoms with E-state index < -0.39 is 6.04 Å². The molecule has 2 unspecified atom stereocenters. The lowest BCUT2D eigenvalue weighted by molar-refractivity contribution is -0.132. The van der Waals surface area contributed by atoms with Crippen molar-refractivity contribution in [3.8, 4) is 11.8 Å². The summed E-state index contributed by atoms with van der Waals surface area (Å²) in [5.41, 5.74) is 6.84. The number of phenols is 1. The molecule has 0 fully saturated rings. The Balaban J connectivity index is 2.65. The molecule has 5 nitrogen and oxygen atoms in total. The lowest BCUT2D eigenvalue weighted by atomic mass is 10.0. The molecule has 0 aliphatic rings. The Morgan fingerprint density at radius 3 is 2.55 bits per heavy atom. The van der Waals surface area contributed by atoms with E-state index in [2.05, 4.69) is 6.07 Å². The molecule has 0 aromatic heterocycles. The van der Waals surface area contributed by atoms with Crippen LogP contribution in [0, 0.1) is 17.2 Å². The topological polar surface area (TPSA) is 90.4 Å². The summed E-state index contributed by atoms with van der Waals surface area (Å²) in [5, 5.41) is 18.0. The number of rotatable bonds is 6. The highest BCUT2D eigenvalue weighted by Gasteiger charge is 2.21. The van der Waals surface area contributed by atoms with Crippen molar-refractivity contribution < 1.29 is 9.90 Å². The minimum absolute atomic E-state index is 0.150. The number of nitriles is 1. The van der Waals surface area contributed by atoms with Crippen LogP contribution >= 0.6 is 0 Å². The van der Waals surface area contributed by atoms with Crippen LogP contribution in [0.3, 0.4) is 0 Å². The Bertz CT molecular complexity index is 479. The van der Waals surface area contributed by atoms with Gasteiger partial charge in [-0.15, -0.1) is 0 Å². The molecule has 1 aromatic rings. The van der Waals surface area contributed by atoms with Gasteiger partial charge in [0.25, 0.3) is 0 Å². The lowest BCUT2D eigenvalue weighted by Gasteiger charge is -2.25. The molecule has 0 heterocycles. The Kier molecular flexibility index (Phi) is 6.01. The second-order valence-corrected chi connectivity index (χ2v) is 4.88. The first-order valence-electron chi connectivity index (χ1n) is 6.69. The monoisotopic (exact) mass is 275 g/mol. The molecule has 1 aromatic carbocycles. The fraction of sp³-hybridized carbons (Fsp3) is 0.467. The van der Waals surface area contributed by atoms with E-state index in [1.165, 1.54) is 0 Å². The Labute approximate surface area is 119 Å². The van der Waals surface area contributed by atoms with E-state index in [-0.39, 0.29) is 17.6 Å². The molecule has 0 saturated heterocycles. The first kappa shape index (κ1) is 16.0. The highest BCUT2D eigenvalue weighted by molar-refractivity contribution is 5.82. The van der Waals surface area contributed by atoms with Gasteiger partial charge in [0.1, 0.15) is 5.75 Å². The molecule has 2 atom stereocenters. The third kappa shape index (κ3) is 4.56. The Hall–Kier alpha value is -2.06. The van der Waals surface area contributed by atoms with Crippen LogP contribution in [-0.4, -0.2) is 35.0 Å². The van der Waals surface area contributed by atoms with Gasteiger partial charge in [-0.05, 0) is 38.0 Å². The van der Waals surface area contributed by atoms with Crippen LogP contribution in [0.15, 0.2) is 24.3 Å². The summed E-state index contributed by atoms with van der Waals surface area (Å²) >= 11 is 0. The molecule has 1 rings (SSSR count). The van der Waals surface area contributed by atoms with E-state index in [0.717, 1.165) is 5.56 Å². The summed E-state index contributed by atoms with van der Waals surface area (Å²) in [7, 11) is 0. The summed E-state index contributed by atoms with van der Waals surface area (Å²) in [6, 6.07) is 8.12. The van der Waals surface area contributed by atoms with Crippen molar-refractivity contribution in [3.63, 3.8) is 0 Å². The van der Waals surface area contributed by atoms with Crippen molar-refractivity contribution in [1.29, 1.82) is 5.26 Å². The van der Waals surface area contributed by atoms with Crippen molar-refractivity contribution in [2.75, 3.05) is 13.1 Å². The highest BCUT2D eigenvalue weighted by Crippen LogP contribution is 2.12. The van der Waals surface area contributed by atoms with Gasteiger partial charge in [0.2, 0.25) is 5.91 Å². The standard InChI is InChI=1S/C15H21N3O2/c1-3-18(10-11(2)9-16)15(20)14(17)8-12-4-6-13(19)7-5-12/h4-7,11,14,19H,3,8,10,17H2,1-2H3. The highest BCUT2D eigenvalue weighted by atomic mass is 16.3. The molecule has 5 heteroatoms. The van der Waals surface area contributed by atoms with Gasteiger partial charge in [0.15, 0.2) is 0 Å². The summed E-state index contributed by atoms with van der Waals surface area (Å²) in [4.78, 5) is 13.8. The van der Waals surface area contributed by atoms with Gasteiger partial charge in [-0.1, -0.05) is 12.1 Å². The Morgan fingerprint density at radius 1 is 1.45 bits per heavy atom. The summed E-state index contributed by atoms with van der Waals surface area (Å²) < 4.78 is 0. The number of phenolic OH excluding ortho intramolecular Hbond substituents is 1. The number of nitrogens with zero attached hydrogens (tertiary/aromatic N) is 2. The summed E-state index contributed by atoms with van der Waals surface area (Å²) in [6.07, 6.45) is 0.413. The second-order valence-electron chi connectivity index (χ2n) is 4.88. The average molecular weight is 275 g/mol. The normalized spacial score (nSPS) is 13.3. The van der Waals surface area contributed by atoms with Crippen LogP contribution in [0.25, 0.3) is 0 Å². The van der Waals surface area contributed by atoms with Gasteiger partial charge < -0.3 is 15.7 Å². The third-order valence-electron chi connectivity index (χ3n) is 3.12. The fourth-order valence-corrected chi connectivity index (χ4v) is 1.95. The predicted octanol–water partition coefficient (Wildman–Crippen LogP) is 1.27.